The number of thiazole rings is 1. The van der Waals surface area contributed by atoms with E-state index in [0.717, 1.165) is 15.4 Å². The summed E-state index contributed by atoms with van der Waals surface area (Å²) in [5.74, 6) is -0.802. The summed E-state index contributed by atoms with van der Waals surface area (Å²) in [6, 6.07) is 3.90. The molecule has 0 saturated heterocycles. The summed E-state index contributed by atoms with van der Waals surface area (Å²) in [4.78, 5) is 16.8. The fourth-order valence-electron chi connectivity index (χ4n) is 1.37. The van der Waals surface area contributed by atoms with Crippen LogP contribution in [-0.4, -0.2) is 16.1 Å². The van der Waals surface area contributed by atoms with Gasteiger partial charge in [0, 0.05) is 4.88 Å². The van der Waals surface area contributed by atoms with Crippen LogP contribution in [0.1, 0.15) is 11.3 Å². The Morgan fingerprint density at radius 2 is 2.38 bits per heavy atom. The van der Waals surface area contributed by atoms with Crippen LogP contribution in [0.4, 0.5) is 5.13 Å². The molecule has 84 valence electrons. The number of thiophene rings is 1. The highest BCUT2D eigenvalue weighted by Crippen LogP contribution is 2.33. The minimum Gasteiger partial charge on any atom is -0.481 e. The number of rotatable bonds is 4. The first-order chi connectivity index (χ1) is 7.66. The van der Waals surface area contributed by atoms with E-state index in [9.17, 15) is 4.79 Å². The molecule has 3 N–H and O–H groups in total. The van der Waals surface area contributed by atoms with Gasteiger partial charge in [0.15, 0.2) is 5.13 Å². The third-order valence-corrected chi connectivity index (χ3v) is 3.86. The maximum Gasteiger partial charge on any atom is 0.303 e. The molecule has 0 aliphatic heterocycles. The summed E-state index contributed by atoms with van der Waals surface area (Å²) in [7, 11) is 0. The molecule has 0 spiro atoms. The number of nitrogens with zero attached hydrogens (tertiary/aromatic N) is 1. The topological polar surface area (TPSA) is 76.2 Å². The second-order valence-corrected chi connectivity index (χ2v) is 5.26. The summed E-state index contributed by atoms with van der Waals surface area (Å²) in [5.41, 5.74) is 6.49. The van der Waals surface area contributed by atoms with Gasteiger partial charge in [0.05, 0.1) is 17.0 Å². The highest BCUT2D eigenvalue weighted by molar-refractivity contribution is 7.17. The van der Waals surface area contributed by atoms with Gasteiger partial charge in [-0.1, -0.05) is 6.07 Å². The normalized spacial score (nSPS) is 10.5. The number of hydrogen-bond acceptors (Lipinski definition) is 5. The van der Waals surface area contributed by atoms with Crippen LogP contribution >= 0.6 is 22.7 Å². The number of anilines is 1. The van der Waals surface area contributed by atoms with Gasteiger partial charge in [-0.2, -0.15) is 0 Å². The minimum atomic E-state index is -0.802. The molecule has 0 bridgehead atoms. The number of carbonyl (C=O) groups is 1. The molecule has 0 aliphatic carbocycles. The fourth-order valence-corrected chi connectivity index (χ4v) is 3.02. The van der Waals surface area contributed by atoms with Crippen LogP contribution in [0.15, 0.2) is 17.5 Å². The molecule has 0 saturated carbocycles. The van der Waals surface area contributed by atoms with Crippen LogP contribution in [0, 0.1) is 0 Å². The van der Waals surface area contributed by atoms with Crippen LogP contribution in [-0.2, 0) is 11.2 Å². The van der Waals surface area contributed by atoms with Crippen molar-refractivity contribution in [2.45, 2.75) is 12.8 Å². The van der Waals surface area contributed by atoms with E-state index in [0.29, 0.717) is 11.6 Å². The lowest BCUT2D eigenvalue weighted by Crippen LogP contribution is -1.96. The fraction of sp³-hybridized carbons (Fsp3) is 0.200. The molecule has 4 nitrogen and oxygen atoms in total. The van der Waals surface area contributed by atoms with E-state index in [1.54, 1.807) is 11.3 Å². The van der Waals surface area contributed by atoms with Crippen LogP contribution in [0.5, 0.6) is 0 Å². The minimum absolute atomic E-state index is 0.111. The molecular formula is C10H10N2O2S2. The van der Waals surface area contributed by atoms with Crippen LogP contribution in [0.25, 0.3) is 10.6 Å². The second kappa shape index (κ2) is 4.63. The van der Waals surface area contributed by atoms with E-state index in [-0.39, 0.29) is 6.42 Å². The Bertz CT molecular complexity index is 491. The molecule has 0 fully saturated rings. The Labute approximate surface area is 100 Å². The first-order valence-corrected chi connectivity index (χ1v) is 6.37. The van der Waals surface area contributed by atoms with Crippen molar-refractivity contribution in [1.29, 1.82) is 0 Å². The maximum atomic E-state index is 10.5. The van der Waals surface area contributed by atoms with Crippen molar-refractivity contribution in [2.75, 3.05) is 5.73 Å². The Morgan fingerprint density at radius 3 is 3.00 bits per heavy atom. The monoisotopic (exact) mass is 254 g/mol. The number of hydrogen-bond donors (Lipinski definition) is 2. The average molecular weight is 254 g/mol. The van der Waals surface area contributed by atoms with Crippen molar-refractivity contribution in [3.05, 3.63) is 22.4 Å². The Balaban J connectivity index is 2.27. The molecule has 16 heavy (non-hydrogen) atoms. The molecule has 0 aliphatic rings. The number of carboxylic acid groups (broad SMARTS) is 1. The Kier molecular flexibility index (Phi) is 3.21. The van der Waals surface area contributed by atoms with E-state index in [1.807, 2.05) is 17.5 Å². The van der Waals surface area contributed by atoms with Gasteiger partial charge >= 0.3 is 5.97 Å². The summed E-state index contributed by atoms with van der Waals surface area (Å²) >= 11 is 2.94. The van der Waals surface area contributed by atoms with Crippen LogP contribution in [0.3, 0.4) is 0 Å². The van der Waals surface area contributed by atoms with E-state index in [4.69, 9.17) is 10.8 Å². The number of aromatic nitrogens is 1. The molecule has 2 heterocycles. The van der Waals surface area contributed by atoms with Crippen molar-refractivity contribution >= 4 is 33.8 Å². The highest BCUT2D eigenvalue weighted by atomic mass is 32.1. The van der Waals surface area contributed by atoms with Crippen molar-refractivity contribution in [3.63, 3.8) is 0 Å². The molecule has 0 radical (unpaired) electrons. The Hall–Kier alpha value is -1.40. The lowest BCUT2D eigenvalue weighted by atomic mass is 10.2. The SMILES string of the molecule is Nc1nc(-c2cccs2)c(CCC(=O)O)s1. The van der Waals surface area contributed by atoms with Crippen LogP contribution < -0.4 is 5.73 Å². The van der Waals surface area contributed by atoms with Gasteiger partial charge in [-0.3, -0.25) is 4.79 Å². The third-order valence-electron chi connectivity index (χ3n) is 2.03. The van der Waals surface area contributed by atoms with Gasteiger partial charge in [0.25, 0.3) is 0 Å². The molecular weight excluding hydrogens is 244 g/mol. The number of nitrogens with two attached hydrogens (primary N) is 1. The lowest BCUT2D eigenvalue weighted by molar-refractivity contribution is -0.136. The second-order valence-electron chi connectivity index (χ2n) is 3.19. The van der Waals surface area contributed by atoms with E-state index in [2.05, 4.69) is 4.98 Å². The highest BCUT2D eigenvalue weighted by Gasteiger charge is 2.13. The predicted molar refractivity (Wildman–Crippen MR) is 65.8 cm³/mol. The van der Waals surface area contributed by atoms with Gasteiger partial charge < -0.3 is 10.8 Å². The van der Waals surface area contributed by atoms with Gasteiger partial charge in [0.2, 0.25) is 0 Å². The smallest absolute Gasteiger partial charge is 0.303 e. The lowest BCUT2D eigenvalue weighted by Gasteiger charge is -1.97. The first-order valence-electron chi connectivity index (χ1n) is 4.67. The summed E-state index contributed by atoms with van der Waals surface area (Å²) < 4.78 is 0. The molecule has 0 aromatic carbocycles. The Morgan fingerprint density at radius 1 is 1.56 bits per heavy atom. The van der Waals surface area contributed by atoms with Gasteiger partial charge in [-0.15, -0.1) is 22.7 Å². The zero-order valence-corrected chi connectivity index (χ0v) is 9.98. The zero-order valence-electron chi connectivity index (χ0n) is 8.34. The summed E-state index contributed by atoms with van der Waals surface area (Å²) in [6.45, 7) is 0. The molecule has 6 heteroatoms. The standard InChI is InChI=1S/C10H10N2O2S2/c11-10-12-9(6-2-1-5-15-6)7(16-10)3-4-8(13)14/h1-2,5H,3-4H2,(H2,11,12)(H,13,14). The molecule has 0 atom stereocenters. The zero-order chi connectivity index (χ0) is 11.5. The van der Waals surface area contributed by atoms with Gasteiger partial charge in [-0.25, -0.2) is 4.98 Å². The quantitative estimate of drug-likeness (QED) is 0.878. The van der Waals surface area contributed by atoms with Crippen molar-refractivity contribution in [2.24, 2.45) is 0 Å². The largest absolute Gasteiger partial charge is 0.481 e. The predicted octanol–water partition coefficient (Wildman–Crippen LogP) is 2.47. The van der Waals surface area contributed by atoms with Crippen LogP contribution in [0.2, 0.25) is 0 Å². The summed E-state index contributed by atoms with van der Waals surface area (Å²) in [6.07, 6.45) is 0.595. The van der Waals surface area contributed by atoms with E-state index >= 15 is 0 Å². The molecule has 2 aromatic heterocycles. The number of nitrogen functional groups attached to an aromatic ring is 1. The number of aliphatic carboxylic acids is 1. The molecule has 0 amide bonds. The van der Waals surface area contributed by atoms with Gasteiger partial charge in [-0.05, 0) is 17.9 Å². The third kappa shape index (κ3) is 2.40. The van der Waals surface area contributed by atoms with Crippen molar-refractivity contribution in [1.82, 2.24) is 4.98 Å². The van der Waals surface area contributed by atoms with Gasteiger partial charge in [0.1, 0.15) is 0 Å². The first kappa shape index (κ1) is 11.1. The average Bonchev–Trinajstić information content (AvgIpc) is 2.82. The van der Waals surface area contributed by atoms with E-state index < -0.39 is 5.97 Å². The molecule has 2 aromatic rings. The number of aryl methyl sites for hydroxylation is 1. The molecule has 0 unspecified atom stereocenters. The van der Waals surface area contributed by atoms with Crippen molar-refractivity contribution < 1.29 is 9.90 Å². The van der Waals surface area contributed by atoms with E-state index in [1.165, 1.54) is 11.3 Å². The maximum absolute atomic E-state index is 10.5. The van der Waals surface area contributed by atoms with Crippen molar-refractivity contribution in [3.8, 4) is 10.6 Å². The summed E-state index contributed by atoms with van der Waals surface area (Å²) in [5, 5.41) is 11.1. The molecule has 2 rings (SSSR count). The number of carboxylic acids is 1.